The number of carbonyl (C=O) groups is 1. The van der Waals surface area contributed by atoms with Crippen molar-refractivity contribution in [2.24, 2.45) is 0 Å². The van der Waals surface area contributed by atoms with E-state index in [9.17, 15) is 9.18 Å². The van der Waals surface area contributed by atoms with Gasteiger partial charge >= 0.3 is 6.03 Å². The van der Waals surface area contributed by atoms with Crippen molar-refractivity contribution in [3.63, 3.8) is 0 Å². The van der Waals surface area contributed by atoms with Crippen molar-refractivity contribution in [3.8, 4) is 16.9 Å². The van der Waals surface area contributed by atoms with Gasteiger partial charge in [0.05, 0.1) is 5.52 Å². The first-order chi connectivity index (χ1) is 17.0. The Balaban J connectivity index is 1.25. The number of halogens is 2. The Hall–Kier alpha value is -4.17. The monoisotopic (exact) mass is 530 g/mol. The molecule has 1 aromatic heterocycles. The Morgan fingerprint density at radius 1 is 0.914 bits per heavy atom. The number of nitrogens with one attached hydrogen (secondary N) is 3. The number of hydrogen-bond acceptors (Lipinski definition) is 3. The lowest BCUT2D eigenvalue weighted by atomic mass is 10.1. The third kappa shape index (κ3) is 5.33. The second-order valence-corrected chi connectivity index (χ2v) is 8.74. The smallest absolute Gasteiger partial charge is 0.324 e. The third-order valence-corrected chi connectivity index (χ3v) is 5.92. The van der Waals surface area contributed by atoms with E-state index in [0.717, 1.165) is 16.6 Å². The van der Waals surface area contributed by atoms with Gasteiger partial charge in [-0.3, -0.25) is 10.4 Å². The summed E-state index contributed by atoms with van der Waals surface area (Å²) in [6.45, 7) is 0.0741. The summed E-state index contributed by atoms with van der Waals surface area (Å²) in [6.07, 6.45) is 0. The highest BCUT2D eigenvalue weighted by Crippen LogP contribution is 2.27. The van der Waals surface area contributed by atoms with E-state index in [1.165, 1.54) is 6.07 Å². The third-order valence-electron chi connectivity index (χ3n) is 5.43. The van der Waals surface area contributed by atoms with Gasteiger partial charge in [-0.15, -0.1) is 0 Å². The molecular weight excluding hydrogens is 511 g/mol. The predicted molar refractivity (Wildman–Crippen MR) is 139 cm³/mol. The highest BCUT2D eigenvalue weighted by Gasteiger charge is 2.12. The summed E-state index contributed by atoms with van der Waals surface area (Å²) < 4.78 is 20.5. The van der Waals surface area contributed by atoms with Crippen LogP contribution in [0.2, 0.25) is 0 Å². The standard InChI is InChI=1S/C27H20BrFN4O2/c28-20-9-6-19(24(29)14-20)16-35-22-12-13-25-23(15-22)26(33-32-25)31-27(34)30-21-10-7-18(8-11-21)17-4-2-1-3-5-17/h1-15H,16H2,(H3,30,31,32,33,34). The Kier molecular flexibility index (Phi) is 6.45. The molecule has 35 heavy (non-hydrogen) atoms. The molecule has 1 heterocycles. The number of fused-ring (bicyclic) bond motifs is 1. The molecule has 8 heteroatoms. The van der Waals surface area contributed by atoms with Gasteiger partial charge in [0.15, 0.2) is 5.82 Å². The number of ether oxygens (including phenoxy) is 1. The molecule has 2 amide bonds. The van der Waals surface area contributed by atoms with Gasteiger partial charge in [0.1, 0.15) is 18.2 Å². The van der Waals surface area contributed by atoms with Crippen molar-refractivity contribution < 1.29 is 13.9 Å². The van der Waals surface area contributed by atoms with Crippen LogP contribution in [-0.2, 0) is 6.61 Å². The van der Waals surface area contributed by atoms with Crippen LogP contribution in [0.1, 0.15) is 5.56 Å². The van der Waals surface area contributed by atoms with Crippen LogP contribution in [0.5, 0.6) is 5.75 Å². The van der Waals surface area contributed by atoms with Crippen LogP contribution in [0.3, 0.4) is 0 Å². The fourth-order valence-electron chi connectivity index (χ4n) is 3.62. The topological polar surface area (TPSA) is 79.0 Å². The molecule has 0 aliphatic carbocycles. The van der Waals surface area contributed by atoms with Gasteiger partial charge in [0, 0.05) is 21.1 Å². The maximum Gasteiger partial charge on any atom is 0.324 e. The first-order valence-electron chi connectivity index (χ1n) is 10.8. The lowest BCUT2D eigenvalue weighted by molar-refractivity contribution is 0.262. The van der Waals surface area contributed by atoms with Gasteiger partial charge in [-0.25, -0.2) is 9.18 Å². The van der Waals surface area contributed by atoms with Crippen LogP contribution < -0.4 is 15.4 Å². The number of rotatable bonds is 6. The lowest BCUT2D eigenvalue weighted by Crippen LogP contribution is -2.19. The second kappa shape index (κ2) is 9.99. The quantitative estimate of drug-likeness (QED) is 0.214. The SMILES string of the molecule is O=C(Nc1ccc(-c2ccccc2)cc1)Nc1n[nH]c2ccc(OCc3ccc(Br)cc3F)cc12. The lowest BCUT2D eigenvalue weighted by Gasteiger charge is -2.09. The molecule has 0 saturated carbocycles. The van der Waals surface area contributed by atoms with Crippen LogP contribution >= 0.6 is 15.9 Å². The van der Waals surface area contributed by atoms with Gasteiger partial charge in [-0.05, 0) is 53.6 Å². The number of hydrogen-bond donors (Lipinski definition) is 3. The van der Waals surface area contributed by atoms with Crippen molar-refractivity contribution in [3.05, 3.63) is 107 Å². The zero-order valence-corrected chi connectivity index (χ0v) is 20.0. The first kappa shape index (κ1) is 22.6. The number of benzene rings is 4. The predicted octanol–water partition coefficient (Wildman–Crippen LogP) is 7.35. The van der Waals surface area contributed by atoms with Crippen molar-refractivity contribution in [2.45, 2.75) is 6.61 Å². The van der Waals surface area contributed by atoms with E-state index in [2.05, 4.69) is 36.8 Å². The highest BCUT2D eigenvalue weighted by atomic mass is 79.9. The van der Waals surface area contributed by atoms with Crippen LogP contribution in [-0.4, -0.2) is 16.2 Å². The molecule has 0 bridgehead atoms. The summed E-state index contributed by atoms with van der Waals surface area (Å²) in [7, 11) is 0. The molecule has 0 fully saturated rings. The zero-order chi connectivity index (χ0) is 24.2. The van der Waals surface area contributed by atoms with Crippen LogP contribution in [0.25, 0.3) is 22.0 Å². The molecule has 5 aromatic rings. The average Bonchev–Trinajstić information content (AvgIpc) is 3.26. The van der Waals surface area contributed by atoms with Crippen molar-refractivity contribution in [1.29, 1.82) is 0 Å². The summed E-state index contributed by atoms with van der Waals surface area (Å²) in [4.78, 5) is 12.6. The molecule has 0 aliphatic heterocycles. The van der Waals surface area contributed by atoms with Crippen molar-refractivity contribution >= 4 is 44.4 Å². The number of carbonyl (C=O) groups excluding carboxylic acids is 1. The minimum atomic E-state index is -0.422. The van der Waals surface area contributed by atoms with Crippen LogP contribution in [0.15, 0.2) is 95.5 Å². The highest BCUT2D eigenvalue weighted by molar-refractivity contribution is 9.10. The van der Waals surface area contributed by atoms with E-state index in [-0.39, 0.29) is 12.4 Å². The van der Waals surface area contributed by atoms with E-state index >= 15 is 0 Å². The summed E-state index contributed by atoms with van der Waals surface area (Å²) in [6, 6.07) is 27.3. The fraction of sp³-hybridized carbons (Fsp3) is 0.0370. The number of nitrogens with zero attached hydrogens (tertiary/aromatic N) is 1. The fourth-order valence-corrected chi connectivity index (χ4v) is 3.96. The van der Waals surface area contributed by atoms with Gasteiger partial charge in [0.25, 0.3) is 0 Å². The number of urea groups is 1. The summed E-state index contributed by atoms with van der Waals surface area (Å²) in [5.41, 5.74) is 3.99. The molecule has 0 aliphatic rings. The number of anilines is 2. The number of aromatic amines is 1. The number of H-pyrrole nitrogens is 1. The normalized spacial score (nSPS) is 10.8. The van der Waals surface area contributed by atoms with E-state index < -0.39 is 6.03 Å². The Labute approximate surface area is 209 Å². The molecule has 0 saturated heterocycles. The zero-order valence-electron chi connectivity index (χ0n) is 18.4. The van der Waals surface area contributed by atoms with Crippen LogP contribution in [0.4, 0.5) is 20.7 Å². The summed E-state index contributed by atoms with van der Waals surface area (Å²) in [5, 5.41) is 13.3. The molecule has 0 atom stereocenters. The second-order valence-electron chi connectivity index (χ2n) is 7.83. The summed E-state index contributed by atoms with van der Waals surface area (Å²) >= 11 is 3.25. The first-order valence-corrected chi connectivity index (χ1v) is 11.6. The largest absolute Gasteiger partial charge is 0.489 e. The molecule has 0 radical (unpaired) electrons. The molecule has 0 unspecified atom stereocenters. The molecule has 5 rings (SSSR count). The van der Waals surface area contributed by atoms with Crippen LogP contribution in [0, 0.1) is 5.82 Å². The Morgan fingerprint density at radius 2 is 1.69 bits per heavy atom. The molecule has 4 aromatic carbocycles. The molecule has 3 N–H and O–H groups in total. The van der Waals surface area contributed by atoms with Gasteiger partial charge in [0.2, 0.25) is 0 Å². The number of amides is 2. The Morgan fingerprint density at radius 3 is 2.46 bits per heavy atom. The maximum atomic E-state index is 14.1. The van der Waals surface area contributed by atoms with E-state index in [1.807, 2.05) is 54.6 Å². The molecule has 174 valence electrons. The number of aromatic nitrogens is 2. The molecule has 0 spiro atoms. The van der Waals surface area contributed by atoms with E-state index in [0.29, 0.717) is 32.7 Å². The van der Waals surface area contributed by atoms with Crippen molar-refractivity contribution in [2.75, 3.05) is 10.6 Å². The minimum absolute atomic E-state index is 0.0741. The molecular formula is C27H20BrFN4O2. The molecule has 6 nitrogen and oxygen atoms in total. The minimum Gasteiger partial charge on any atom is -0.489 e. The van der Waals surface area contributed by atoms with Gasteiger partial charge < -0.3 is 10.1 Å². The summed E-state index contributed by atoms with van der Waals surface area (Å²) in [5.74, 6) is 0.541. The van der Waals surface area contributed by atoms with E-state index in [1.54, 1.807) is 30.3 Å². The maximum absolute atomic E-state index is 14.1. The van der Waals surface area contributed by atoms with Crippen molar-refractivity contribution in [1.82, 2.24) is 10.2 Å². The van der Waals surface area contributed by atoms with Gasteiger partial charge in [-0.1, -0.05) is 64.5 Å². The average molecular weight is 531 g/mol. The van der Waals surface area contributed by atoms with E-state index in [4.69, 9.17) is 4.74 Å². The Bertz CT molecular complexity index is 1490. The van der Waals surface area contributed by atoms with Gasteiger partial charge in [-0.2, -0.15) is 5.10 Å².